The maximum atomic E-state index is 12.5. The molecule has 128 valence electrons. The van der Waals surface area contributed by atoms with Crippen LogP contribution in [-0.4, -0.2) is 25.9 Å². The first-order valence-electron chi connectivity index (χ1n) is 8.27. The molecule has 2 aromatic heterocycles. The van der Waals surface area contributed by atoms with Crippen molar-refractivity contribution in [3.63, 3.8) is 0 Å². The first kappa shape index (κ1) is 16.0. The van der Waals surface area contributed by atoms with Gasteiger partial charge in [-0.15, -0.1) is 5.10 Å². The number of nitrogens with zero attached hydrogens (tertiary/aromatic N) is 4. The number of hydrogen-bond acceptors (Lipinski definition) is 4. The van der Waals surface area contributed by atoms with E-state index in [1.165, 1.54) is 0 Å². The molecule has 26 heavy (non-hydrogen) atoms. The summed E-state index contributed by atoms with van der Waals surface area (Å²) in [4.78, 5) is 16.9. The molecule has 4 rings (SSSR count). The number of anilines is 1. The summed E-state index contributed by atoms with van der Waals surface area (Å²) in [5.74, 6) is -0.146. The van der Waals surface area contributed by atoms with E-state index in [2.05, 4.69) is 20.6 Å². The Kier molecular flexibility index (Phi) is 3.93. The molecule has 1 N–H and O–H groups in total. The number of benzene rings is 2. The molecule has 2 aromatic carbocycles. The molecule has 1 amide bonds. The molecule has 6 nitrogen and oxygen atoms in total. The standard InChI is InChI=1S/C20H17N5O/c1-13-5-3-6-16(11-13)22-20(26)15-8-9-18(14(2)12-15)25-19-17(23-24-25)7-4-10-21-19/h3-12H,1-2H3,(H,22,26). The van der Waals surface area contributed by atoms with Crippen molar-refractivity contribution in [2.24, 2.45) is 0 Å². The highest BCUT2D eigenvalue weighted by Crippen LogP contribution is 2.20. The molecule has 0 saturated heterocycles. The summed E-state index contributed by atoms with van der Waals surface area (Å²) in [5.41, 5.74) is 5.65. The summed E-state index contributed by atoms with van der Waals surface area (Å²) < 4.78 is 1.69. The van der Waals surface area contributed by atoms with E-state index in [9.17, 15) is 4.79 Å². The first-order chi connectivity index (χ1) is 12.6. The highest BCUT2D eigenvalue weighted by molar-refractivity contribution is 6.04. The zero-order valence-electron chi connectivity index (χ0n) is 14.5. The lowest BCUT2D eigenvalue weighted by Gasteiger charge is -2.10. The van der Waals surface area contributed by atoms with Crippen molar-refractivity contribution < 1.29 is 4.79 Å². The van der Waals surface area contributed by atoms with Crippen LogP contribution in [0.2, 0.25) is 0 Å². The molecule has 0 unspecified atom stereocenters. The maximum absolute atomic E-state index is 12.5. The van der Waals surface area contributed by atoms with Crippen LogP contribution < -0.4 is 5.32 Å². The number of nitrogens with one attached hydrogen (secondary N) is 1. The van der Waals surface area contributed by atoms with E-state index in [0.29, 0.717) is 11.2 Å². The average molecular weight is 343 g/mol. The van der Waals surface area contributed by atoms with E-state index in [-0.39, 0.29) is 5.91 Å². The summed E-state index contributed by atoms with van der Waals surface area (Å²) in [6.45, 7) is 3.93. The van der Waals surface area contributed by atoms with Crippen LogP contribution in [0.5, 0.6) is 0 Å². The minimum Gasteiger partial charge on any atom is -0.322 e. The first-order valence-corrected chi connectivity index (χ1v) is 8.27. The van der Waals surface area contributed by atoms with Crippen molar-refractivity contribution in [3.8, 4) is 5.69 Å². The fourth-order valence-corrected chi connectivity index (χ4v) is 2.89. The fraction of sp³-hybridized carbons (Fsp3) is 0.100. The Morgan fingerprint density at radius 1 is 1.04 bits per heavy atom. The number of aryl methyl sites for hydroxylation is 2. The smallest absolute Gasteiger partial charge is 0.255 e. The number of carbonyl (C=O) groups is 1. The second-order valence-corrected chi connectivity index (χ2v) is 6.17. The van der Waals surface area contributed by atoms with Gasteiger partial charge in [0.15, 0.2) is 5.65 Å². The SMILES string of the molecule is Cc1cccc(NC(=O)c2ccc(-n3nnc4cccnc43)c(C)c2)c1. The van der Waals surface area contributed by atoms with Gasteiger partial charge in [-0.3, -0.25) is 4.79 Å². The van der Waals surface area contributed by atoms with Crippen LogP contribution in [0.1, 0.15) is 21.5 Å². The molecule has 0 saturated carbocycles. The molecule has 4 aromatic rings. The van der Waals surface area contributed by atoms with Crippen LogP contribution in [0.3, 0.4) is 0 Å². The predicted molar refractivity (Wildman–Crippen MR) is 101 cm³/mol. The van der Waals surface area contributed by atoms with Gasteiger partial charge in [-0.2, -0.15) is 4.68 Å². The quantitative estimate of drug-likeness (QED) is 0.616. The van der Waals surface area contributed by atoms with Crippen LogP contribution in [0, 0.1) is 13.8 Å². The van der Waals surface area contributed by atoms with Crippen molar-refractivity contribution in [3.05, 3.63) is 77.5 Å². The van der Waals surface area contributed by atoms with Gasteiger partial charge in [0, 0.05) is 17.4 Å². The molecule has 0 aliphatic carbocycles. The van der Waals surface area contributed by atoms with Crippen LogP contribution in [-0.2, 0) is 0 Å². The number of pyridine rings is 1. The van der Waals surface area contributed by atoms with Gasteiger partial charge in [-0.1, -0.05) is 17.3 Å². The monoisotopic (exact) mass is 343 g/mol. The van der Waals surface area contributed by atoms with Crippen molar-refractivity contribution in [1.82, 2.24) is 20.0 Å². The van der Waals surface area contributed by atoms with Crippen molar-refractivity contribution in [1.29, 1.82) is 0 Å². The maximum Gasteiger partial charge on any atom is 0.255 e. The molecule has 0 fully saturated rings. The summed E-state index contributed by atoms with van der Waals surface area (Å²) in [5, 5.41) is 11.2. The fourth-order valence-electron chi connectivity index (χ4n) is 2.89. The molecule has 0 aliphatic rings. The highest BCUT2D eigenvalue weighted by Gasteiger charge is 2.12. The number of amides is 1. The molecule has 6 heteroatoms. The minimum atomic E-state index is -0.146. The van der Waals surface area contributed by atoms with Crippen molar-refractivity contribution in [2.45, 2.75) is 13.8 Å². The van der Waals surface area contributed by atoms with Crippen LogP contribution in [0.25, 0.3) is 16.9 Å². The molecular weight excluding hydrogens is 326 g/mol. The zero-order chi connectivity index (χ0) is 18.1. The number of fused-ring (bicyclic) bond motifs is 1. The summed E-state index contributed by atoms with van der Waals surface area (Å²) in [6.07, 6.45) is 1.71. The van der Waals surface area contributed by atoms with E-state index >= 15 is 0 Å². The van der Waals surface area contributed by atoms with Gasteiger partial charge in [0.25, 0.3) is 5.91 Å². The summed E-state index contributed by atoms with van der Waals surface area (Å²) in [7, 11) is 0. The van der Waals surface area contributed by atoms with Gasteiger partial charge in [0.1, 0.15) is 5.52 Å². The lowest BCUT2D eigenvalue weighted by atomic mass is 10.1. The van der Waals surface area contributed by atoms with E-state index < -0.39 is 0 Å². The Bertz CT molecular complexity index is 1120. The van der Waals surface area contributed by atoms with Gasteiger partial charge in [0.05, 0.1) is 5.69 Å². The Labute approximate surface area is 150 Å². The largest absolute Gasteiger partial charge is 0.322 e. The van der Waals surface area contributed by atoms with Crippen LogP contribution in [0.15, 0.2) is 60.8 Å². The third-order valence-corrected chi connectivity index (χ3v) is 4.17. The minimum absolute atomic E-state index is 0.146. The van der Waals surface area contributed by atoms with E-state index in [1.807, 2.05) is 62.4 Å². The Morgan fingerprint density at radius 2 is 1.92 bits per heavy atom. The average Bonchev–Trinajstić information content (AvgIpc) is 3.05. The van der Waals surface area contributed by atoms with Gasteiger partial charge in [-0.25, -0.2) is 4.98 Å². The lowest BCUT2D eigenvalue weighted by Crippen LogP contribution is -2.12. The molecule has 0 atom stereocenters. The van der Waals surface area contributed by atoms with Crippen molar-refractivity contribution in [2.75, 3.05) is 5.32 Å². The predicted octanol–water partition coefficient (Wildman–Crippen LogP) is 3.68. The van der Waals surface area contributed by atoms with Gasteiger partial charge in [0.2, 0.25) is 0 Å². The van der Waals surface area contributed by atoms with E-state index in [0.717, 1.165) is 28.0 Å². The zero-order valence-corrected chi connectivity index (χ0v) is 14.5. The number of aromatic nitrogens is 4. The van der Waals surface area contributed by atoms with E-state index in [1.54, 1.807) is 16.9 Å². The summed E-state index contributed by atoms with van der Waals surface area (Å²) >= 11 is 0. The summed E-state index contributed by atoms with van der Waals surface area (Å²) in [6, 6.07) is 16.9. The molecule has 0 radical (unpaired) electrons. The van der Waals surface area contributed by atoms with E-state index in [4.69, 9.17) is 0 Å². The topological polar surface area (TPSA) is 72.7 Å². The highest BCUT2D eigenvalue weighted by atomic mass is 16.1. The molecule has 0 bridgehead atoms. The Hall–Kier alpha value is -3.54. The van der Waals surface area contributed by atoms with Crippen LogP contribution in [0.4, 0.5) is 5.69 Å². The second kappa shape index (κ2) is 6.40. The molecule has 2 heterocycles. The normalized spacial score (nSPS) is 10.8. The lowest BCUT2D eigenvalue weighted by molar-refractivity contribution is 0.102. The van der Waals surface area contributed by atoms with Gasteiger partial charge < -0.3 is 5.32 Å². The Balaban J connectivity index is 1.64. The number of hydrogen-bond donors (Lipinski definition) is 1. The van der Waals surface area contributed by atoms with Gasteiger partial charge in [-0.05, 0) is 67.4 Å². The van der Waals surface area contributed by atoms with Crippen molar-refractivity contribution >= 4 is 22.8 Å². The number of carbonyl (C=O) groups excluding carboxylic acids is 1. The molecular formula is C20H17N5O. The molecule has 0 aliphatic heterocycles. The van der Waals surface area contributed by atoms with Crippen LogP contribution >= 0.6 is 0 Å². The second-order valence-electron chi connectivity index (χ2n) is 6.17. The van der Waals surface area contributed by atoms with Gasteiger partial charge >= 0.3 is 0 Å². The number of rotatable bonds is 3. The third-order valence-electron chi connectivity index (χ3n) is 4.17. The third kappa shape index (κ3) is 2.93. The Morgan fingerprint density at radius 3 is 2.73 bits per heavy atom. The molecule has 0 spiro atoms.